The summed E-state index contributed by atoms with van der Waals surface area (Å²) >= 11 is 0. The average molecular weight is 255 g/mol. The molecule has 2 amide bonds. The van der Waals surface area contributed by atoms with Gasteiger partial charge in [0, 0.05) is 52.1 Å². The van der Waals surface area contributed by atoms with E-state index >= 15 is 0 Å². The van der Waals surface area contributed by atoms with E-state index in [1.165, 1.54) is 0 Å². The van der Waals surface area contributed by atoms with Gasteiger partial charge in [-0.25, -0.2) is 4.79 Å². The first-order valence-electron chi connectivity index (χ1n) is 6.81. The molecular formula is C12H21N3O3. The molecular weight excluding hydrogens is 234 g/mol. The van der Waals surface area contributed by atoms with E-state index in [-0.39, 0.29) is 11.8 Å². The highest BCUT2D eigenvalue weighted by Crippen LogP contribution is 2.30. The fraction of sp³-hybridized carbons (Fsp3) is 0.917. The maximum Gasteiger partial charge on any atom is 0.317 e. The molecule has 3 aliphatic rings. The lowest BCUT2D eigenvalue weighted by Crippen LogP contribution is -2.47. The predicted molar refractivity (Wildman–Crippen MR) is 65.3 cm³/mol. The molecule has 6 nitrogen and oxygen atoms in total. The molecule has 102 valence electrons. The predicted octanol–water partition coefficient (Wildman–Crippen LogP) is -0.149. The second-order valence-corrected chi connectivity index (χ2v) is 5.17. The minimum Gasteiger partial charge on any atom is -0.347 e. The molecule has 0 unspecified atom stereocenters. The Kier molecular flexibility index (Phi) is 3.41. The third-order valence-electron chi connectivity index (χ3n) is 4.06. The molecule has 0 bridgehead atoms. The van der Waals surface area contributed by atoms with Gasteiger partial charge in [-0.05, 0) is 0 Å². The van der Waals surface area contributed by atoms with Crippen molar-refractivity contribution in [2.75, 3.05) is 52.5 Å². The first kappa shape index (κ1) is 12.2. The molecule has 0 radical (unpaired) electrons. The molecule has 3 aliphatic heterocycles. The molecule has 1 spiro atoms. The number of nitrogens with one attached hydrogen (secondary N) is 1. The Morgan fingerprint density at radius 3 is 2.44 bits per heavy atom. The minimum atomic E-state index is -0.290. The number of likely N-dealkylation sites (tertiary alicyclic amines) is 1. The van der Waals surface area contributed by atoms with E-state index in [0.717, 1.165) is 65.3 Å². The molecule has 0 saturated carbocycles. The zero-order chi connectivity index (χ0) is 12.4. The van der Waals surface area contributed by atoms with Crippen LogP contribution in [0.2, 0.25) is 0 Å². The van der Waals surface area contributed by atoms with Crippen molar-refractivity contribution in [3.8, 4) is 0 Å². The van der Waals surface area contributed by atoms with Crippen molar-refractivity contribution in [3.63, 3.8) is 0 Å². The normalized spacial score (nSPS) is 28.0. The number of urea groups is 1. The summed E-state index contributed by atoms with van der Waals surface area (Å²) in [4.78, 5) is 15.7. The van der Waals surface area contributed by atoms with Crippen molar-refractivity contribution < 1.29 is 14.3 Å². The summed E-state index contributed by atoms with van der Waals surface area (Å²) in [6.45, 7) is 6.84. The summed E-state index contributed by atoms with van der Waals surface area (Å²) in [5.41, 5.74) is 0. The van der Waals surface area contributed by atoms with Gasteiger partial charge in [-0.2, -0.15) is 0 Å². The van der Waals surface area contributed by atoms with Crippen molar-refractivity contribution in [2.24, 2.45) is 0 Å². The standard InChI is InChI=1S/C12H21N3O3/c16-11-13-3-6-15(11)8-7-14-4-1-12(2-5-14)17-9-10-18-12/h1-10H2,(H,13,16). The number of carbonyl (C=O) groups excluding carboxylic acids is 1. The minimum absolute atomic E-state index is 0.0749. The molecule has 3 saturated heterocycles. The van der Waals surface area contributed by atoms with Crippen LogP contribution in [0.5, 0.6) is 0 Å². The number of piperidine rings is 1. The summed E-state index contributed by atoms with van der Waals surface area (Å²) in [6.07, 6.45) is 1.89. The van der Waals surface area contributed by atoms with Crippen LogP contribution < -0.4 is 5.32 Å². The van der Waals surface area contributed by atoms with Gasteiger partial charge in [0.05, 0.1) is 13.2 Å². The molecule has 0 aliphatic carbocycles. The number of hydrogen-bond acceptors (Lipinski definition) is 4. The first-order chi connectivity index (χ1) is 8.77. The highest BCUT2D eigenvalue weighted by atomic mass is 16.7. The highest BCUT2D eigenvalue weighted by molar-refractivity contribution is 5.76. The Labute approximate surface area is 107 Å². The van der Waals surface area contributed by atoms with Crippen LogP contribution in [0.3, 0.4) is 0 Å². The Balaban J connectivity index is 1.41. The zero-order valence-corrected chi connectivity index (χ0v) is 10.7. The van der Waals surface area contributed by atoms with Gasteiger partial charge >= 0.3 is 6.03 Å². The summed E-state index contributed by atoms with van der Waals surface area (Å²) in [6, 6.07) is 0.0749. The van der Waals surface area contributed by atoms with Gasteiger partial charge in [0.25, 0.3) is 0 Å². The molecule has 3 rings (SSSR count). The van der Waals surface area contributed by atoms with Crippen LogP contribution in [0.25, 0.3) is 0 Å². The maximum absolute atomic E-state index is 11.4. The van der Waals surface area contributed by atoms with Crippen LogP contribution in [0.1, 0.15) is 12.8 Å². The highest BCUT2D eigenvalue weighted by Gasteiger charge is 2.39. The van der Waals surface area contributed by atoms with E-state index < -0.39 is 0 Å². The van der Waals surface area contributed by atoms with Crippen LogP contribution in [-0.2, 0) is 9.47 Å². The quantitative estimate of drug-likeness (QED) is 0.762. The van der Waals surface area contributed by atoms with Gasteiger partial charge in [-0.3, -0.25) is 0 Å². The molecule has 18 heavy (non-hydrogen) atoms. The van der Waals surface area contributed by atoms with Crippen LogP contribution in [0.4, 0.5) is 4.79 Å². The van der Waals surface area contributed by atoms with E-state index in [1.54, 1.807) is 0 Å². The second kappa shape index (κ2) is 5.03. The first-order valence-corrected chi connectivity index (χ1v) is 6.81. The summed E-state index contributed by atoms with van der Waals surface area (Å²) in [5, 5.41) is 2.83. The Morgan fingerprint density at radius 1 is 1.11 bits per heavy atom. The molecule has 0 atom stereocenters. The summed E-state index contributed by atoms with van der Waals surface area (Å²) in [5.74, 6) is -0.290. The van der Waals surface area contributed by atoms with E-state index in [4.69, 9.17) is 9.47 Å². The van der Waals surface area contributed by atoms with Gasteiger partial charge in [0.2, 0.25) is 0 Å². The Hall–Kier alpha value is -0.850. The third kappa shape index (κ3) is 2.46. The molecule has 0 aromatic rings. The topological polar surface area (TPSA) is 54.0 Å². The SMILES string of the molecule is O=C1NCCN1CCN1CCC2(CC1)OCCO2. The van der Waals surface area contributed by atoms with Crippen molar-refractivity contribution in [2.45, 2.75) is 18.6 Å². The molecule has 0 aromatic heterocycles. The number of rotatable bonds is 3. The molecule has 3 heterocycles. The summed E-state index contributed by atoms with van der Waals surface area (Å²) in [7, 11) is 0. The van der Waals surface area contributed by atoms with E-state index in [0.29, 0.717) is 0 Å². The van der Waals surface area contributed by atoms with Gasteiger partial charge in [-0.15, -0.1) is 0 Å². The van der Waals surface area contributed by atoms with E-state index in [1.807, 2.05) is 4.90 Å². The van der Waals surface area contributed by atoms with Crippen LogP contribution in [0.15, 0.2) is 0 Å². The molecule has 1 N–H and O–H groups in total. The Bertz CT molecular complexity index is 308. The largest absolute Gasteiger partial charge is 0.347 e. The van der Waals surface area contributed by atoms with Crippen molar-refractivity contribution in [3.05, 3.63) is 0 Å². The number of nitrogens with zero attached hydrogens (tertiary/aromatic N) is 2. The lowest BCUT2D eigenvalue weighted by molar-refractivity contribution is -0.185. The fourth-order valence-corrected chi connectivity index (χ4v) is 2.89. The van der Waals surface area contributed by atoms with E-state index in [2.05, 4.69) is 10.2 Å². The van der Waals surface area contributed by atoms with Crippen LogP contribution in [-0.4, -0.2) is 74.1 Å². The van der Waals surface area contributed by atoms with Crippen LogP contribution >= 0.6 is 0 Å². The van der Waals surface area contributed by atoms with Gasteiger partial charge < -0.3 is 24.6 Å². The van der Waals surface area contributed by atoms with Crippen LogP contribution in [0, 0.1) is 0 Å². The number of amides is 2. The van der Waals surface area contributed by atoms with Crippen molar-refractivity contribution >= 4 is 6.03 Å². The van der Waals surface area contributed by atoms with Gasteiger partial charge in [0.15, 0.2) is 5.79 Å². The van der Waals surface area contributed by atoms with Gasteiger partial charge in [0.1, 0.15) is 0 Å². The Morgan fingerprint density at radius 2 is 1.83 bits per heavy atom. The molecule has 6 heteroatoms. The number of ether oxygens (including phenoxy) is 2. The zero-order valence-electron chi connectivity index (χ0n) is 10.7. The fourth-order valence-electron chi connectivity index (χ4n) is 2.89. The molecule has 0 aromatic carbocycles. The number of carbonyl (C=O) groups is 1. The summed E-state index contributed by atoms with van der Waals surface area (Å²) < 4.78 is 11.4. The molecule has 3 fully saturated rings. The van der Waals surface area contributed by atoms with Gasteiger partial charge in [-0.1, -0.05) is 0 Å². The monoisotopic (exact) mass is 255 g/mol. The second-order valence-electron chi connectivity index (χ2n) is 5.17. The van der Waals surface area contributed by atoms with Crippen molar-refractivity contribution in [1.82, 2.24) is 15.1 Å². The lowest BCUT2D eigenvalue weighted by Gasteiger charge is -2.37. The lowest BCUT2D eigenvalue weighted by atomic mass is 10.0. The number of hydrogen-bond donors (Lipinski definition) is 1. The third-order valence-corrected chi connectivity index (χ3v) is 4.06. The maximum atomic E-state index is 11.4. The van der Waals surface area contributed by atoms with E-state index in [9.17, 15) is 4.79 Å². The van der Waals surface area contributed by atoms with Crippen molar-refractivity contribution in [1.29, 1.82) is 0 Å². The smallest absolute Gasteiger partial charge is 0.317 e. The average Bonchev–Trinajstić information content (AvgIpc) is 2.99.